The predicted octanol–water partition coefficient (Wildman–Crippen LogP) is 0.977. The van der Waals surface area contributed by atoms with Gasteiger partial charge in [-0.05, 0) is 12.7 Å². The Hall–Kier alpha value is -1.30. The van der Waals surface area contributed by atoms with Gasteiger partial charge in [0, 0.05) is 5.69 Å². The average molecular weight is 228 g/mol. The van der Waals surface area contributed by atoms with Crippen LogP contribution in [-0.2, 0) is 4.74 Å². The van der Waals surface area contributed by atoms with Crippen molar-refractivity contribution in [1.29, 1.82) is 0 Å². The van der Waals surface area contributed by atoms with Gasteiger partial charge >= 0.3 is 11.7 Å². The second kappa shape index (κ2) is 4.97. The lowest BCUT2D eigenvalue weighted by Crippen LogP contribution is -2.18. The van der Waals surface area contributed by atoms with Crippen LogP contribution in [0.2, 0.25) is 0 Å². The van der Waals surface area contributed by atoms with Crippen LogP contribution in [0.5, 0.6) is 0 Å². The van der Waals surface area contributed by atoms with Gasteiger partial charge in [0.25, 0.3) is 0 Å². The van der Waals surface area contributed by atoms with Crippen molar-refractivity contribution in [3.63, 3.8) is 0 Å². The molecule has 0 radical (unpaired) electrons. The molecule has 0 fully saturated rings. The minimum Gasteiger partial charge on any atom is -0.465 e. The highest BCUT2D eigenvalue weighted by molar-refractivity contribution is 7.99. The zero-order valence-corrected chi connectivity index (χ0v) is 9.60. The van der Waals surface area contributed by atoms with Gasteiger partial charge in [-0.2, -0.15) is 4.98 Å². The summed E-state index contributed by atoms with van der Waals surface area (Å²) in [5, 5.41) is 0.422. The topological polar surface area (TPSA) is 72.0 Å². The number of aromatic amines is 1. The van der Waals surface area contributed by atoms with E-state index >= 15 is 0 Å². The van der Waals surface area contributed by atoms with Crippen LogP contribution in [0, 0.1) is 6.92 Å². The summed E-state index contributed by atoms with van der Waals surface area (Å²) in [6, 6.07) is 0. The fraction of sp³-hybridized carbons (Fsp3) is 0.444. The Kier molecular flexibility index (Phi) is 3.90. The lowest BCUT2D eigenvalue weighted by atomic mass is 10.2. The van der Waals surface area contributed by atoms with Gasteiger partial charge in [-0.25, -0.2) is 9.59 Å². The summed E-state index contributed by atoms with van der Waals surface area (Å²) >= 11 is 1.34. The third-order valence-electron chi connectivity index (χ3n) is 1.76. The molecule has 0 amide bonds. The molecule has 1 aromatic rings. The second-order valence-corrected chi connectivity index (χ2v) is 4.02. The molecule has 1 rings (SSSR count). The number of thioether (sulfide) groups is 1. The van der Waals surface area contributed by atoms with Crippen LogP contribution in [0.1, 0.15) is 23.0 Å². The quantitative estimate of drug-likeness (QED) is 0.474. The van der Waals surface area contributed by atoms with Crippen LogP contribution in [0.3, 0.4) is 0 Å². The largest absolute Gasteiger partial charge is 0.465 e. The van der Waals surface area contributed by atoms with Crippen molar-refractivity contribution in [3.05, 3.63) is 21.7 Å². The fourth-order valence-electron chi connectivity index (χ4n) is 1.14. The van der Waals surface area contributed by atoms with Gasteiger partial charge in [-0.15, -0.1) is 11.8 Å². The first-order valence-corrected chi connectivity index (χ1v) is 5.40. The first-order chi connectivity index (χ1) is 7.10. The highest BCUT2D eigenvalue weighted by Gasteiger charge is 2.17. The third-order valence-corrected chi connectivity index (χ3v) is 2.61. The van der Waals surface area contributed by atoms with E-state index < -0.39 is 11.7 Å². The molecule has 0 bridgehead atoms. The minimum atomic E-state index is -0.479. The normalized spacial score (nSPS) is 10.1. The number of H-pyrrole nitrogens is 1. The Morgan fingerprint density at radius 3 is 2.80 bits per heavy atom. The van der Waals surface area contributed by atoms with Crippen molar-refractivity contribution < 1.29 is 9.53 Å². The molecule has 0 spiro atoms. The van der Waals surface area contributed by atoms with E-state index in [1.54, 1.807) is 6.92 Å². The van der Waals surface area contributed by atoms with Gasteiger partial charge < -0.3 is 9.72 Å². The standard InChI is InChI=1S/C9H12N2O3S/c1-4-15-7-6(8(12)14-3)5(2)10-9(13)11-7/h4H2,1-3H3,(H,10,11,13). The molecule has 0 atom stereocenters. The van der Waals surface area contributed by atoms with Crippen LogP contribution < -0.4 is 5.69 Å². The number of aryl methyl sites for hydroxylation is 1. The third kappa shape index (κ3) is 2.59. The Morgan fingerprint density at radius 2 is 2.27 bits per heavy atom. The molecule has 0 unspecified atom stereocenters. The Bertz CT molecular complexity index is 428. The summed E-state index contributed by atoms with van der Waals surface area (Å²) in [4.78, 5) is 28.8. The number of nitrogens with zero attached hydrogens (tertiary/aromatic N) is 1. The van der Waals surface area contributed by atoms with E-state index in [0.717, 1.165) is 5.75 Å². The van der Waals surface area contributed by atoms with E-state index in [-0.39, 0.29) is 0 Å². The molecule has 1 N–H and O–H groups in total. The van der Waals surface area contributed by atoms with E-state index in [1.807, 2.05) is 6.92 Å². The molecule has 0 aromatic carbocycles. The molecule has 0 saturated carbocycles. The molecule has 0 aliphatic heterocycles. The lowest BCUT2D eigenvalue weighted by Gasteiger charge is -2.07. The van der Waals surface area contributed by atoms with Crippen molar-refractivity contribution in [3.8, 4) is 0 Å². The van der Waals surface area contributed by atoms with E-state index in [4.69, 9.17) is 0 Å². The van der Waals surface area contributed by atoms with Gasteiger partial charge in [0.1, 0.15) is 10.6 Å². The van der Waals surface area contributed by atoms with Crippen molar-refractivity contribution in [2.45, 2.75) is 18.9 Å². The molecule has 0 aliphatic rings. The molecule has 1 aromatic heterocycles. The summed E-state index contributed by atoms with van der Waals surface area (Å²) in [6.45, 7) is 3.57. The summed E-state index contributed by atoms with van der Waals surface area (Å²) in [7, 11) is 1.30. The van der Waals surface area contributed by atoms with Crippen LogP contribution in [0.15, 0.2) is 9.82 Å². The second-order valence-electron chi connectivity index (χ2n) is 2.77. The number of carbonyl (C=O) groups is 1. The number of hydrogen-bond donors (Lipinski definition) is 1. The first-order valence-electron chi connectivity index (χ1n) is 4.42. The minimum absolute atomic E-state index is 0.337. The summed E-state index contributed by atoms with van der Waals surface area (Å²) in [5.74, 6) is 0.257. The Morgan fingerprint density at radius 1 is 1.60 bits per heavy atom. The van der Waals surface area contributed by atoms with Crippen LogP contribution in [-0.4, -0.2) is 28.8 Å². The smallest absolute Gasteiger partial charge is 0.346 e. The number of hydrogen-bond acceptors (Lipinski definition) is 5. The van der Waals surface area contributed by atoms with Crippen molar-refractivity contribution >= 4 is 17.7 Å². The van der Waals surface area contributed by atoms with Gasteiger partial charge in [-0.1, -0.05) is 6.92 Å². The van der Waals surface area contributed by atoms with Crippen molar-refractivity contribution in [2.24, 2.45) is 0 Å². The number of nitrogens with one attached hydrogen (secondary N) is 1. The highest BCUT2D eigenvalue weighted by atomic mass is 32.2. The maximum atomic E-state index is 11.4. The molecule has 82 valence electrons. The summed E-state index contributed by atoms with van der Waals surface area (Å²) in [6.07, 6.45) is 0. The Balaban J connectivity index is 3.32. The summed E-state index contributed by atoms with van der Waals surface area (Å²) < 4.78 is 4.63. The zero-order chi connectivity index (χ0) is 11.4. The molecule has 1 heterocycles. The van der Waals surface area contributed by atoms with E-state index in [0.29, 0.717) is 16.3 Å². The molecule has 0 aliphatic carbocycles. The van der Waals surface area contributed by atoms with Gasteiger partial charge in [-0.3, -0.25) is 0 Å². The van der Waals surface area contributed by atoms with Gasteiger partial charge in [0.15, 0.2) is 0 Å². The molecule has 5 nitrogen and oxygen atoms in total. The predicted molar refractivity (Wildman–Crippen MR) is 57.3 cm³/mol. The van der Waals surface area contributed by atoms with E-state index in [9.17, 15) is 9.59 Å². The van der Waals surface area contributed by atoms with E-state index in [1.165, 1.54) is 18.9 Å². The monoisotopic (exact) mass is 228 g/mol. The SMILES string of the molecule is CCSc1nc(=O)[nH]c(C)c1C(=O)OC. The number of aromatic nitrogens is 2. The zero-order valence-electron chi connectivity index (χ0n) is 8.79. The van der Waals surface area contributed by atoms with Crippen LogP contribution in [0.4, 0.5) is 0 Å². The number of ether oxygens (including phenoxy) is 1. The van der Waals surface area contributed by atoms with E-state index in [2.05, 4.69) is 14.7 Å². The van der Waals surface area contributed by atoms with Crippen LogP contribution >= 0.6 is 11.8 Å². The number of esters is 1. The number of carbonyl (C=O) groups excluding carboxylic acids is 1. The maximum Gasteiger partial charge on any atom is 0.346 e. The number of rotatable bonds is 3. The molecular weight excluding hydrogens is 216 g/mol. The van der Waals surface area contributed by atoms with Gasteiger partial charge in [0.2, 0.25) is 0 Å². The molecule has 0 saturated heterocycles. The molecular formula is C9H12N2O3S. The van der Waals surface area contributed by atoms with Crippen molar-refractivity contribution in [1.82, 2.24) is 9.97 Å². The fourth-order valence-corrected chi connectivity index (χ4v) is 1.94. The van der Waals surface area contributed by atoms with Gasteiger partial charge in [0.05, 0.1) is 7.11 Å². The lowest BCUT2D eigenvalue weighted by molar-refractivity contribution is 0.0594. The molecule has 6 heteroatoms. The average Bonchev–Trinajstić information content (AvgIpc) is 2.16. The van der Waals surface area contributed by atoms with Crippen molar-refractivity contribution in [2.75, 3.05) is 12.9 Å². The maximum absolute atomic E-state index is 11.4. The Labute approximate surface area is 91.3 Å². The first kappa shape index (κ1) is 11.8. The number of methoxy groups -OCH3 is 1. The molecule has 15 heavy (non-hydrogen) atoms. The highest BCUT2D eigenvalue weighted by Crippen LogP contribution is 2.20. The van der Waals surface area contributed by atoms with Crippen LogP contribution in [0.25, 0.3) is 0 Å². The summed E-state index contributed by atoms with van der Waals surface area (Å²) in [5.41, 5.74) is 0.373.